The maximum absolute atomic E-state index is 14.8. The first kappa shape index (κ1) is 26.0. The van der Waals surface area contributed by atoms with Crippen molar-refractivity contribution in [3.8, 4) is 23.2 Å². The third kappa shape index (κ3) is 6.00. The van der Waals surface area contributed by atoms with Crippen molar-refractivity contribution < 1.29 is 19.0 Å². The van der Waals surface area contributed by atoms with Crippen LogP contribution < -0.4 is 10.1 Å². The number of halogens is 1. The van der Waals surface area contributed by atoms with Crippen LogP contribution in [0.2, 0.25) is 0 Å². The second kappa shape index (κ2) is 10.5. The van der Waals surface area contributed by atoms with E-state index in [1.807, 2.05) is 31.6 Å². The Labute approximate surface area is 213 Å². The number of alkyl halides is 1. The molecule has 37 heavy (non-hydrogen) atoms. The predicted molar refractivity (Wildman–Crippen MR) is 133 cm³/mol. The van der Waals surface area contributed by atoms with E-state index in [9.17, 15) is 19.6 Å². The summed E-state index contributed by atoms with van der Waals surface area (Å²) in [6.07, 6.45) is 1.67. The van der Waals surface area contributed by atoms with E-state index in [4.69, 9.17) is 4.74 Å². The lowest BCUT2D eigenvalue weighted by molar-refractivity contribution is -0.143. The minimum atomic E-state index is -1.46. The molecule has 3 atom stereocenters. The number of nitriles is 1. The van der Waals surface area contributed by atoms with Crippen molar-refractivity contribution in [2.24, 2.45) is 0 Å². The van der Waals surface area contributed by atoms with Crippen LogP contribution in [0.1, 0.15) is 39.7 Å². The average molecular weight is 509 g/mol. The summed E-state index contributed by atoms with van der Waals surface area (Å²) in [5.74, 6) is 0.377. The molecule has 194 valence electrons. The molecule has 2 aromatic heterocycles. The largest absolute Gasteiger partial charge is 0.486 e. The Morgan fingerprint density at radius 1 is 1.35 bits per heavy atom. The number of hydrogen-bond acceptors (Lipinski definition) is 9. The number of anilines is 2. The fourth-order valence-electron chi connectivity index (χ4n) is 3.88. The number of ether oxygens (including phenoxy) is 1. The van der Waals surface area contributed by atoms with E-state index in [0.717, 1.165) is 5.69 Å². The maximum atomic E-state index is 14.8. The highest BCUT2D eigenvalue weighted by Crippen LogP contribution is 2.28. The Kier molecular flexibility index (Phi) is 7.35. The van der Waals surface area contributed by atoms with Gasteiger partial charge in [0.1, 0.15) is 30.4 Å². The van der Waals surface area contributed by atoms with Gasteiger partial charge in [0.05, 0.1) is 29.5 Å². The molecule has 11 nitrogen and oxygen atoms in total. The highest BCUT2D eigenvalue weighted by atomic mass is 19.1. The lowest BCUT2D eigenvalue weighted by atomic mass is 10.0. The number of aliphatic hydroxyl groups excluding tert-OH is 1. The van der Waals surface area contributed by atoms with E-state index in [0.29, 0.717) is 17.3 Å². The summed E-state index contributed by atoms with van der Waals surface area (Å²) in [6, 6.07) is 6.92. The Balaban J connectivity index is 1.47. The van der Waals surface area contributed by atoms with E-state index in [1.54, 1.807) is 24.4 Å². The van der Waals surface area contributed by atoms with Gasteiger partial charge in [-0.1, -0.05) is 0 Å². The van der Waals surface area contributed by atoms with Gasteiger partial charge in [0.15, 0.2) is 12.0 Å². The zero-order chi connectivity index (χ0) is 26.7. The molecule has 0 bridgehead atoms. The molecular formula is C25H29FN8O3. The van der Waals surface area contributed by atoms with Crippen LogP contribution in [-0.2, 0) is 10.3 Å². The fraction of sp³-hybridized carbons (Fsp3) is 0.440. The zero-order valence-electron chi connectivity index (χ0n) is 21.1. The van der Waals surface area contributed by atoms with E-state index >= 15 is 0 Å². The molecule has 1 aliphatic rings. The van der Waals surface area contributed by atoms with Crippen molar-refractivity contribution >= 4 is 17.5 Å². The van der Waals surface area contributed by atoms with Crippen molar-refractivity contribution in [2.45, 2.75) is 58.0 Å². The highest BCUT2D eigenvalue weighted by Gasteiger charge is 2.34. The molecule has 1 aliphatic heterocycles. The summed E-state index contributed by atoms with van der Waals surface area (Å²) in [5.41, 5.74) is 1.31. The Hall–Kier alpha value is -4.11. The number of carbonyl (C=O) groups is 1. The Morgan fingerprint density at radius 2 is 2.14 bits per heavy atom. The van der Waals surface area contributed by atoms with Crippen LogP contribution in [0.4, 0.5) is 16.0 Å². The second-order valence-corrected chi connectivity index (χ2v) is 9.85. The van der Waals surface area contributed by atoms with Gasteiger partial charge < -0.3 is 20.1 Å². The number of hydrogen-bond donors (Lipinski definition) is 2. The molecule has 0 aliphatic carbocycles. The van der Waals surface area contributed by atoms with Gasteiger partial charge in [-0.25, -0.2) is 14.4 Å². The third-order valence-electron chi connectivity index (χ3n) is 5.89. The average Bonchev–Trinajstić information content (AvgIpc) is 3.34. The van der Waals surface area contributed by atoms with Crippen LogP contribution in [0.5, 0.6) is 5.75 Å². The first-order valence-electron chi connectivity index (χ1n) is 11.9. The molecule has 4 rings (SSSR count). The summed E-state index contributed by atoms with van der Waals surface area (Å²) in [6.45, 7) is 7.56. The molecule has 2 N–H and O–H groups in total. The molecule has 0 saturated carbocycles. The number of amides is 1. The van der Waals surface area contributed by atoms with Crippen LogP contribution in [0.3, 0.4) is 0 Å². The number of benzene rings is 1. The van der Waals surface area contributed by atoms with Crippen LogP contribution in [0.25, 0.3) is 11.4 Å². The third-order valence-corrected chi connectivity index (χ3v) is 5.89. The van der Waals surface area contributed by atoms with Crippen LogP contribution in [-0.4, -0.2) is 72.1 Å². The van der Waals surface area contributed by atoms with Gasteiger partial charge in [-0.15, -0.1) is 0 Å². The van der Waals surface area contributed by atoms with Crippen molar-refractivity contribution in [1.82, 2.24) is 29.6 Å². The molecule has 3 heterocycles. The van der Waals surface area contributed by atoms with Crippen molar-refractivity contribution in [2.75, 3.05) is 18.4 Å². The smallest absolute Gasteiger partial charge is 0.251 e. The number of aliphatic hydroxyl groups is 1. The molecule has 12 heteroatoms. The number of piperidine rings is 1. The Morgan fingerprint density at radius 3 is 2.78 bits per heavy atom. The standard InChI is InChI=1S/C25H29FN8O3/c1-15(35)23(36)33-8-7-21(19(26)13-33)37-20-6-5-16(9-17(20)10-27)22-28-14-29-24(32-22)31-18-11-30-34(12-18)25(2,3)4/h5-6,9,11-12,14-15,19,21,35H,7-8,13H2,1-4H3,(H,28,29,31,32)/t15?,19-,21+/m1/s1. The number of aromatic nitrogens is 5. The summed E-state index contributed by atoms with van der Waals surface area (Å²) in [4.78, 5) is 26.1. The Bertz CT molecular complexity index is 1310. The summed E-state index contributed by atoms with van der Waals surface area (Å²) in [5, 5.41) is 26.6. The quantitative estimate of drug-likeness (QED) is 0.514. The van der Waals surface area contributed by atoms with Crippen molar-refractivity contribution in [3.63, 3.8) is 0 Å². The van der Waals surface area contributed by atoms with Gasteiger partial charge in [-0.05, 0) is 45.9 Å². The topological polar surface area (TPSA) is 142 Å². The maximum Gasteiger partial charge on any atom is 0.251 e. The first-order chi connectivity index (χ1) is 17.5. The van der Waals surface area contributed by atoms with Crippen LogP contribution in [0.15, 0.2) is 36.9 Å². The molecule has 1 fully saturated rings. The number of likely N-dealkylation sites (tertiary alicyclic amines) is 1. The van der Waals surface area contributed by atoms with Gasteiger partial charge in [0.25, 0.3) is 5.91 Å². The summed E-state index contributed by atoms with van der Waals surface area (Å²) in [7, 11) is 0. The highest BCUT2D eigenvalue weighted by molar-refractivity contribution is 5.80. The number of nitrogens with zero attached hydrogens (tertiary/aromatic N) is 7. The predicted octanol–water partition coefficient (Wildman–Crippen LogP) is 2.80. The normalized spacial score (nSPS) is 18.7. The van der Waals surface area contributed by atoms with E-state index < -0.39 is 24.3 Å². The molecular weight excluding hydrogens is 479 g/mol. The van der Waals surface area contributed by atoms with Gasteiger partial charge in [-0.3, -0.25) is 9.48 Å². The summed E-state index contributed by atoms with van der Waals surface area (Å²) < 4.78 is 22.4. The van der Waals surface area contributed by atoms with Gasteiger partial charge in [0.2, 0.25) is 5.95 Å². The van der Waals surface area contributed by atoms with Gasteiger partial charge in [-0.2, -0.15) is 15.3 Å². The molecule has 1 unspecified atom stereocenters. The number of rotatable bonds is 6. The molecule has 1 saturated heterocycles. The van der Waals surface area contributed by atoms with Crippen LogP contribution in [0, 0.1) is 11.3 Å². The second-order valence-electron chi connectivity index (χ2n) is 9.85. The van der Waals surface area contributed by atoms with E-state index in [1.165, 1.54) is 18.2 Å². The lowest BCUT2D eigenvalue weighted by Gasteiger charge is -2.35. The fourth-order valence-corrected chi connectivity index (χ4v) is 3.88. The zero-order valence-corrected chi connectivity index (χ0v) is 21.1. The molecule has 1 amide bonds. The molecule has 1 aromatic carbocycles. The minimum absolute atomic E-state index is 0.170. The van der Waals surface area contributed by atoms with E-state index in [2.05, 4.69) is 31.4 Å². The molecule has 0 spiro atoms. The molecule has 3 aromatic rings. The number of nitrogens with one attached hydrogen (secondary N) is 1. The van der Waals surface area contributed by atoms with Crippen LogP contribution >= 0.6 is 0 Å². The SMILES string of the molecule is CC(O)C(=O)N1CC[C@H](Oc2ccc(-c3ncnc(Nc4cnn(C(C)(C)C)c4)n3)cc2C#N)[C@H](F)C1. The minimum Gasteiger partial charge on any atom is -0.486 e. The first-order valence-corrected chi connectivity index (χ1v) is 11.9. The lowest BCUT2D eigenvalue weighted by Crippen LogP contribution is -2.51. The van der Waals surface area contributed by atoms with Gasteiger partial charge in [0, 0.05) is 24.7 Å². The van der Waals surface area contributed by atoms with E-state index in [-0.39, 0.29) is 36.4 Å². The summed E-state index contributed by atoms with van der Waals surface area (Å²) >= 11 is 0. The van der Waals surface area contributed by atoms with Crippen molar-refractivity contribution in [3.05, 3.63) is 42.5 Å². The number of carbonyl (C=O) groups excluding carboxylic acids is 1. The monoisotopic (exact) mass is 508 g/mol. The molecule has 0 radical (unpaired) electrons. The van der Waals surface area contributed by atoms with Gasteiger partial charge >= 0.3 is 0 Å². The van der Waals surface area contributed by atoms with Crippen molar-refractivity contribution in [1.29, 1.82) is 5.26 Å².